The molecule has 0 bridgehead atoms. The van der Waals surface area contributed by atoms with Gasteiger partial charge in [-0.15, -0.1) is 0 Å². The Morgan fingerprint density at radius 2 is 2.14 bits per heavy atom. The first-order chi connectivity index (χ1) is 9.86. The zero-order valence-electron chi connectivity index (χ0n) is 11.7. The van der Waals surface area contributed by atoms with Crippen LogP contribution in [-0.4, -0.2) is 61.8 Å². The third kappa shape index (κ3) is 3.21. The highest BCUT2D eigenvalue weighted by Gasteiger charge is 2.34. The smallest absolute Gasteiger partial charge is 0.270 e. The second kappa shape index (κ2) is 6.06. The van der Waals surface area contributed by atoms with Crippen molar-refractivity contribution in [3.8, 4) is 0 Å². The summed E-state index contributed by atoms with van der Waals surface area (Å²) in [5.74, 6) is 0. The van der Waals surface area contributed by atoms with Crippen molar-refractivity contribution in [3.63, 3.8) is 0 Å². The van der Waals surface area contributed by atoms with Crippen LogP contribution < -0.4 is 5.73 Å². The fraction of sp³-hybridized carbons (Fsp3) is 0.500. The molecule has 0 spiro atoms. The molecule has 1 aromatic carbocycles. The van der Waals surface area contributed by atoms with Crippen LogP contribution >= 0.6 is 0 Å². The number of nitrogens with zero attached hydrogens (tertiary/aromatic N) is 3. The van der Waals surface area contributed by atoms with Crippen molar-refractivity contribution in [2.75, 3.05) is 33.2 Å². The minimum absolute atomic E-state index is 0.0697. The highest BCUT2D eigenvalue weighted by Crippen LogP contribution is 2.23. The molecule has 1 saturated heterocycles. The van der Waals surface area contributed by atoms with Gasteiger partial charge in [0, 0.05) is 38.3 Å². The van der Waals surface area contributed by atoms with Gasteiger partial charge in [0.1, 0.15) is 0 Å². The highest BCUT2D eigenvalue weighted by atomic mass is 32.2. The van der Waals surface area contributed by atoms with Crippen molar-refractivity contribution >= 4 is 15.7 Å². The summed E-state index contributed by atoms with van der Waals surface area (Å²) in [6, 6.07) is 4.77. The second-order valence-corrected chi connectivity index (χ2v) is 6.91. The van der Waals surface area contributed by atoms with Crippen molar-refractivity contribution < 1.29 is 13.3 Å². The number of nitrogens with two attached hydrogens (primary N) is 1. The van der Waals surface area contributed by atoms with E-state index in [1.165, 1.54) is 22.5 Å². The molecule has 0 aromatic heterocycles. The topological polar surface area (TPSA) is 110 Å². The summed E-state index contributed by atoms with van der Waals surface area (Å²) < 4.78 is 26.7. The van der Waals surface area contributed by atoms with Crippen LogP contribution in [0.5, 0.6) is 0 Å². The number of hydrogen-bond donors (Lipinski definition) is 1. The van der Waals surface area contributed by atoms with Crippen LogP contribution in [0.3, 0.4) is 0 Å². The summed E-state index contributed by atoms with van der Waals surface area (Å²) in [5.41, 5.74) is 5.43. The van der Waals surface area contributed by atoms with Gasteiger partial charge in [-0.3, -0.25) is 10.1 Å². The molecule has 9 heteroatoms. The Labute approximate surface area is 123 Å². The van der Waals surface area contributed by atoms with Crippen molar-refractivity contribution in [2.45, 2.75) is 10.9 Å². The lowest BCUT2D eigenvalue weighted by molar-refractivity contribution is -0.385. The van der Waals surface area contributed by atoms with E-state index >= 15 is 0 Å². The summed E-state index contributed by atoms with van der Waals surface area (Å²) in [4.78, 5) is 12.1. The average Bonchev–Trinajstić information content (AvgIpc) is 2.46. The highest BCUT2D eigenvalue weighted by molar-refractivity contribution is 7.89. The number of hydrogen-bond acceptors (Lipinski definition) is 6. The maximum absolute atomic E-state index is 12.7. The first-order valence-corrected chi connectivity index (χ1v) is 7.95. The Bertz CT molecular complexity index is 634. The average molecular weight is 314 g/mol. The van der Waals surface area contributed by atoms with Gasteiger partial charge in [-0.2, -0.15) is 4.31 Å². The number of rotatable bonds is 4. The standard InChI is InChI=1S/C12H18N4O4S/c1-14-5-6-15(11(8-13)9-14)21(19,20)12-4-2-3-10(7-12)16(17)18/h2-4,7,11H,5-6,8-9,13H2,1H3. The normalized spacial score (nSPS) is 21.3. The van der Waals surface area contributed by atoms with Gasteiger partial charge in [0.25, 0.3) is 5.69 Å². The van der Waals surface area contributed by atoms with Gasteiger partial charge < -0.3 is 10.6 Å². The maximum atomic E-state index is 12.7. The third-order valence-corrected chi connectivity index (χ3v) is 5.49. The Balaban J connectivity index is 2.37. The molecule has 2 N–H and O–H groups in total. The Hall–Kier alpha value is -1.55. The molecule has 1 aromatic rings. The van der Waals surface area contributed by atoms with Crippen molar-refractivity contribution in [1.82, 2.24) is 9.21 Å². The predicted octanol–water partition coefficient (Wildman–Crippen LogP) is -0.142. The Kier molecular flexibility index (Phi) is 4.57. The molecule has 2 rings (SSSR count). The molecular formula is C12H18N4O4S. The molecule has 1 fully saturated rings. The molecule has 116 valence electrons. The van der Waals surface area contributed by atoms with Crippen LogP contribution in [0.1, 0.15) is 0 Å². The lowest BCUT2D eigenvalue weighted by Crippen LogP contribution is -2.56. The van der Waals surface area contributed by atoms with E-state index in [4.69, 9.17) is 5.73 Å². The molecule has 0 saturated carbocycles. The molecular weight excluding hydrogens is 296 g/mol. The van der Waals surface area contributed by atoms with Gasteiger partial charge in [0.2, 0.25) is 10.0 Å². The molecule has 21 heavy (non-hydrogen) atoms. The summed E-state index contributed by atoms with van der Waals surface area (Å²) in [5, 5.41) is 10.8. The van der Waals surface area contributed by atoms with Gasteiger partial charge >= 0.3 is 0 Å². The van der Waals surface area contributed by atoms with E-state index in [1.54, 1.807) is 0 Å². The summed E-state index contributed by atoms with van der Waals surface area (Å²) in [6.07, 6.45) is 0. The van der Waals surface area contributed by atoms with Gasteiger partial charge in [-0.1, -0.05) is 6.07 Å². The molecule has 1 unspecified atom stereocenters. The Morgan fingerprint density at radius 1 is 1.43 bits per heavy atom. The summed E-state index contributed by atoms with van der Waals surface area (Å²) in [7, 11) is -1.88. The fourth-order valence-corrected chi connectivity index (χ4v) is 4.05. The van der Waals surface area contributed by atoms with E-state index in [0.29, 0.717) is 19.6 Å². The van der Waals surface area contributed by atoms with Gasteiger partial charge in [0.05, 0.1) is 15.9 Å². The van der Waals surface area contributed by atoms with Crippen LogP contribution in [-0.2, 0) is 10.0 Å². The first kappa shape index (κ1) is 15.8. The number of likely N-dealkylation sites (N-methyl/N-ethyl adjacent to an activating group) is 1. The Morgan fingerprint density at radius 3 is 2.76 bits per heavy atom. The zero-order chi connectivity index (χ0) is 15.6. The van der Waals surface area contributed by atoms with Gasteiger partial charge in [-0.05, 0) is 13.1 Å². The summed E-state index contributed by atoms with van der Waals surface area (Å²) >= 11 is 0. The monoisotopic (exact) mass is 314 g/mol. The molecule has 0 aliphatic carbocycles. The predicted molar refractivity (Wildman–Crippen MR) is 77.3 cm³/mol. The van der Waals surface area contributed by atoms with E-state index < -0.39 is 14.9 Å². The van der Waals surface area contributed by atoms with Gasteiger partial charge in [-0.25, -0.2) is 8.42 Å². The third-order valence-electron chi connectivity index (χ3n) is 3.54. The SMILES string of the molecule is CN1CCN(S(=O)(=O)c2cccc([N+](=O)[O-])c2)C(CN)C1. The van der Waals surface area contributed by atoms with E-state index in [0.717, 1.165) is 6.07 Å². The van der Waals surface area contributed by atoms with Crippen LogP contribution in [0, 0.1) is 10.1 Å². The molecule has 1 heterocycles. The number of non-ortho nitro benzene ring substituents is 1. The molecule has 1 aliphatic rings. The number of nitro groups is 1. The molecule has 0 amide bonds. The van der Waals surface area contributed by atoms with E-state index in [2.05, 4.69) is 0 Å². The first-order valence-electron chi connectivity index (χ1n) is 6.51. The zero-order valence-corrected chi connectivity index (χ0v) is 12.5. The number of sulfonamides is 1. The van der Waals surface area contributed by atoms with Crippen LogP contribution in [0.25, 0.3) is 0 Å². The molecule has 1 atom stereocenters. The van der Waals surface area contributed by atoms with Crippen LogP contribution in [0.15, 0.2) is 29.2 Å². The summed E-state index contributed by atoms with van der Waals surface area (Å²) in [6.45, 7) is 1.68. The minimum atomic E-state index is -3.78. The van der Waals surface area contributed by atoms with E-state index in [-0.39, 0.29) is 23.2 Å². The minimum Gasteiger partial charge on any atom is -0.329 e. The number of benzene rings is 1. The molecule has 8 nitrogen and oxygen atoms in total. The lowest BCUT2D eigenvalue weighted by atomic mass is 10.2. The van der Waals surface area contributed by atoms with Crippen LogP contribution in [0.2, 0.25) is 0 Å². The molecule has 0 radical (unpaired) electrons. The van der Waals surface area contributed by atoms with E-state index in [9.17, 15) is 18.5 Å². The number of nitro benzene ring substituents is 1. The van der Waals surface area contributed by atoms with Crippen molar-refractivity contribution in [3.05, 3.63) is 34.4 Å². The van der Waals surface area contributed by atoms with Crippen molar-refractivity contribution in [1.29, 1.82) is 0 Å². The van der Waals surface area contributed by atoms with Crippen LogP contribution in [0.4, 0.5) is 5.69 Å². The second-order valence-electron chi connectivity index (χ2n) is 5.02. The molecule has 1 aliphatic heterocycles. The van der Waals surface area contributed by atoms with E-state index in [1.807, 2.05) is 11.9 Å². The lowest BCUT2D eigenvalue weighted by Gasteiger charge is -2.38. The quantitative estimate of drug-likeness (QED) is 0.612. The maximum Gasteiger partial charge on any atom is 0.270 e. The largest absolute Gasteiger partial charge is 0.329 e. The van der Waals surface area contributed by atoms with Gasteiger partial charge in [0.15, 0.2) is 0 Å². The fourth-order valence-electron chi connectivity index (χ4n) is 2.40. The number of piperazine rings is 1. The van der Waals surface area contributed by atoms with Crippen molar-refractivity contribution in [2.24, 2.45) is 5.73 Å².